The second-order valence-corrected chi connectivity index (χ2v) is 16.2. The zero-order valence-corrected chi connectivity index (χ0v) is 26.2. The normalized spacial score (nSPS) is 22.4. The number of aromatic amines is 1. The Morgan fingerprint density at radius 1 is 1.14 bits per heavy atom. The van der Waals surface area contributed by atoms with Gasteiger partial charge >= 0.3 is 0 Å². The Kier molecular flexibility index (Phi) is 8.37. The van der Waals surface area contributed by atoms with Crippen molar-refractivity contribution in [3.8, 4) is 12.3 Å². The molecule has 2 fully saturated rings. The van der Waals surface area contributed by atoms with Crippen LogP contribution in [0, 0.1) is 12.3 Å². The van der Waals surface area contributed by atoms with Crippen molar-refractivity contribution in [3.63, 3.8) is 0 Å². The highest BCUT2D eigenvalue weighted by atomic mass is 32.2. The number of hydrogen-bond acceptors (Lipinski definition) is 9. The van der Waals surface area contributed by atoms with E-state index in [0.29, 0.717) is 41.2 Å². The van der Waals surface area contributed by atoms with Crippen LogP contribution in [0.15, 0.2) is 29.3 Å². The van der Waals surface area contributed by atoms with Gasteiger partial charge in [-0.1, -0.05) is 5.92 Å². The highest BCUT2D eigenvalue weighted by Gasteiger charge is 2.39. The molecule has 2 aromatic heterocycles. The lowest BCUT2D eigenvalue weighted by atomic mass is 10.1. The number of rotatable bonds is 7. The first-order chi connectivity index (χ1) is 20.5. The van der Waals surface area contributed by atoms with Crippen molar-refractivity contribution in [3.05, 3.63) is 45.4 Å². The van der Waals surface area contributed by atoms with Crippen LogP contribution in [0.1, 0.15) is 39.3 Å². The first-order valence-corrected chi connectivity index (χ1v) is 18.1. The number of fused-ring (bicyclic) bond motifs is 2. The Morgan fingerprint density at radius 2 is 1.93 bits per heavy atom. The Morgan fingerprint density at radius 3 is 2.70 bits per heavy atom. The van der Waals surface area contributed by atoms with Crippen LogP contribution in [0.25, 0.3) is 10.9 Å². The van der Waals surface area contributed by atoms with Gasteiger partial charge in [-0.15, -0.1) is 17.8 Å². The van der Waals surface area contributed by atoms with Crippen molar-refractivity contribution in [2.24, 2.45) is 0 Å². The number of hydrogen-bond donors (Lipinski definition) is 2. The van der Waals surface area contributed by atoms with E-state index in [2.05, 4.69) is 28.1 Å². The predicted octanol–water partition coefficient (Wildman–Crippen LogP) is 1.21. The maximum absolute atomic E-state index is 13.8. The lowest BCUT2D eigenvalue weighted by molar-refractivity contribution is 0.0556. The molecule has 6 rings (SSSR count). The Balaban J connectivity index is 1.26. The third-order valence-corrected chi connectivity index (χ3v) is 13.0. The van der Waals surface area contributed by atoms with Crippen LogP contribution in [0.3, 0.4) is 0 Å². The molecular formula is C28H34N6O6S3. The van der Waals surface area contributed by atoms with E-state index in [-0.39, 0.29) is 61.9 Å². The number of H-pyrrole nitrogens is 1. The molecule has 1 aromatic carbocycles. The quantitative estimate of drug-likeness (QED) is 0.365. The van der Waals surface area contributed by atoms with Crippen LogP contribution in [0.4, 0.5) is 0 Å². The fourth-order valence-corrected chi connectivity index (χ4v) is 9.81. The molecule has 15 heteroatoms. The van der Waals surface area contributed by atoms with Gasteiger partial charge in [-0.05, 0) is 37.6 Å². The number of sulfonamides is 2. The minimum atomic E-state index is -3.98. The first kappa shape index (κ1) is 30.2. The monoisotopic (exact) mass is 646 g/mol. The number of piperazine rings is 1. The van der Waals surface area contributed by atoms with Gasteiger partial charge in [0.05, 0.1) is 24.7 Å². The third kappa shape index (κ3) is 6.10. The number of carbonyl (C=O) groups is 1. The molecule has 3 aliphatic heterocycles. The van der Waals surface area contributed by atoms with Crippen LogP contribution in [-0.2, 0) is 37.7 Å². The second kappa shape index (κ2) is 11.9. The minimum absolute atomic E-state index is 0.0188. The van der Waals surface area contributed by atoms with E-state index in [0.717, 1.165) is 17.0 Å². The maximum atomic E-state index is 13.8. The number of thiazole rings is 1. The molecule has 0 bridgehead atoms. The molecule has 2 N–H and O–H groups in total. The summed E-state index contributed by atoms with van der Waals surface area (Å²) in [5.41, 5.74) is 2.17. The summed E-state index contributed by atoms with van der Waals surface area (Å²) in [5, 5.41) is 4.42. The Hall–Kier alpha value is -2.84. The summed E-state index contributed by atoms with van der Waals surface area (Å²) in [5.74, 6) is 2.04. The number of terminal acetylenes is 1. The number of amides is 1. The van der Waals surface area contributed by atoms with E-state index in [1.165, 1.54) is 19.9 Å². The summed E-state index contributed by atoms with van der Waals surface area (Å²) in [6.07, 6.45) is 6.31. The van der Waals surface area contributed by atoms with Gasteiger partial charge < -0.3 is 19.9 Å². The van der Waals surface area contributed by atoms with Crippen molar-refractivity contribution in [1.82, 2.24) is 28.8 Å². The number of nitrogens with zero attached hydrogens (tertiary/aromatic N) is 4. The molecule has 0 saturated carbocycles. The summed E-state index contributed by atoms with van der Waals surface area (Å²) < 4.78 is 62.0. The van der Waals surface area contributed by atoms with E-state index in [4.69, 9.17) is 11.2 Å². The molecule has 0 radical (unpaired) electrons. The van der Waals surface area contributed by atoms with E-state index in [9.17, 15) is 21.6 Å². The van der Waals surface area contributed by atoms with E-state index in [1.54, 1.807) is 29.2 Å². The summed E-state index contributed by atoms with van der Waals surface area (Å²) in [4.78, 5) is 24.1. The molecular weight excluding hydrogens is 613 g/mol. The van der Waals surface area contributed by atoms with Gasteiger partial charge in [-0.2, -0.15) is 8.61 Å². The average molecular weight is 647 g/mol. The van der Waals surface area contributed by atoms with Gasteiger partial charge in [0.1, 0.15) is 5.03 Å². The summed E-state index contributed by atoms with van der Waals surface area (Å²) in [7, 11) is -7.61. The number of aromatic nitrogens is 2. The zero-order valence-electron chi connectivity index (χ0n) is 23.8. The van der Waals surface area contributed by atoms with Crippen LogP contribution in [0.5, 0.6) is 0 Å². The number of morpholine rings is 1. The summed E-state index contributed by atoms with van der Waals surface area (Å²) >= 11 is 1.34. The number of ether oxygens (including phenoxy) is 1. The van der Waals surface area contributed by atoms with Crippen molar-refractivity contribution >= 4 is 48.2 Å². The van der Waals surface area contributed by atoms with Gasteiger partial charge in [0.25, 0.3) is 15.9 Å². The van der Waals surface area contributed by atoms with Crippen LogP contribution < -0.4 is 5.32 Å². The summed E-state index contributed by atoms with van der Waals surface area (Å²) in [6, 6.07) is 6.36. The molecule has 5 heterocycles. The fourth-order valence-electron chi connectivity index (χ4n) is 5.80. The molecule has 3 aromatic rings. The van der Waals surface area contributed by atoms with Crippen LogP contribution in [-0.4, -0.2) is 110 Å². The smallest absolute Gasteiger partial charge is 0.283 e. The van der Waals surface area contributed by atoms with Crippen molar-refractivity contribution < 1.29 is 26.4 Å². The highest BCUT2D eigenvalue weighted by Crippen LogP contribution is 2.29. The van der Waals surface area contributed by atoms with E-state index < -0.39 is 26.1 Å². The molecule has 3 aliphatic rings. The van der Waals surface area contributed by atoms with E-state index in [1.807, 2.05) is 0 Å². The van der Waals surface area contributed by atoms with Crippen molar-refractivity contribution in [1.29, 1.82) is 0 Å². The largest absolute Gasteiger partial charge is 0.379 e. The maximum Gasteiger partial charge on any atom is 0.283 e. The van der Waals surface area contributed by atoms with Gasteiger partial charge in [-0.3, -0.25) is 4.79 Å². The molecule has 2 unspecified atom stereocenters. The van der Waals surface area contributed by atoms with Gasteiger partial charge in [0.2, 0.25) is 10.0 Å². The van der Waals surface area contributed by atoms with Gasteiger partial charge in [0, 0.05) is 79.1 Å². The number of nitrogens with one attached hydrogen (secondary N) is 2. The second-order valence-electron chi connectivity index (χ2n) is 11.1. The molecule has 1 amide bonds. The lowest BCUT2D eigenvalue weighted by Crippen LogP contribution is -2.57. The minimum Gasteiger partial charge on any atom is -0.379 e. The van der Waals surface area contributed by atoms with Crippen molar-refractivity contribution in [2.45, 2.75) is 43.4 Å². The lowest BCUT2D eigenvalue weighted by Gasteiger charge is -2.40. The molecule has 12 nitrogen and oxygen atoms in total. The Labute approximate surface area is 255 Å². The van der Waals surface area contributed by atoms with Crippen molar-refractivity contribution in [2.75, 3.05) is 51.7 Å². The highest BCUT2D eigenvalue weighted by molar-refractivity contribution is 7.89. The molecule has 0 spiro atoms. The number of benzene rings is 1. The Bertz CT molecular complexity index is 1790. The van der Waals surface area contributed by atoms with E-state index >= 15 is 0 Å². The molecule has 230 valence electrons. The topological polar surface area (TPSA) is 145 Å². The van der Waals surface area contributed by atoms with Crippen LogP contribution in [0.2, 0.25) is 0 Å². The molecule has 2 saturated heterocycles. The average Bonchev–Trinajstić information content (AvgIpc) is 3.64. The molecule has 0 aliphatic carbocycles. The van der Waals surface area contributed by atoms with Gasteiger partial charge in [0.15, 0.2) is 5.01 Å². The first-order valence-electron chi connectivity index (χ1n) is 14.2. The zero-order chi connectivity index (χ0) is 30.4. The standard InChI is InChI=1S/C28H34N6O6S3/c1-3-20-4-5-23-21(15-20)16-26(30-23)43(38,39)33-7-8-34(28(35)27-31-24-14-19(2)29-17-25(24)41-27)22(18-33)6-13-42(36,37)32-9-11-40-12-10-32/h1,4-5,15-16,19,22,29-30H,6-14,17-18H2,2H3. The predicted molar refractivity (Wildman–Crippen MR) is 163 cm³/mol. The van der Waals surface area contributed by atoms with Gasteiger partial charge in [-0.25, -0.2) is 21.8 Å². The SMILES string of the molecule is C#Cc1ccc2[nH]c(S(=O)(=O)N3CCN(C(=O)c4nc5c(s4)CNC(C)C5)C(CCS(=O)(=O)N4CCOCC4)C3)cc2c1. The summed E-state index contributed by atoms with van der Waals surface area (Å²) in [6.45, 7) is 4.04. The fraction of sp³-hybridized carbons (Fsp3) is 0.500. The molecule has 43 heavy (non-hydrogen) atoms. The molecule has 2 atom stereocenters. The van der Waals surface area contributed by atoms with Crippen LogP contribution >= 0.6 is 11.3 Å². The number of carbonyl (C=O) groups excluding carboxylic acids is 1. The third-order valence-electron chi connectivity index (χ3n) is 8.23.